The second-order valence-corrected chi connectivity index (χ2v) is 7.35. The van der Waals surface area contributed by atoms with Crippen LogP contribution in [-0.4, -0.2) is 39.0 Å². The van der Waals surface area contributed by atoms with Gasteiger partial charge in [-0.1, -0.05) is 24.3 Å². The Kier molecular flexibility index (Phi) is 5.15. The van der Waals surface area contributed by atoms with Crippen LogP contribution in [0.4, 0.5) is 0 Å². The lowest BCUT2D eigenvalue weighted by molar-refractivity contribution is 0.0450. The zero-order chi connectivity index (χ0) is 17.1. The second kappa shape index (κ2) is 7.68. The van der Waals surface area contributed by atoms with Crippen LogP contribution in [0.3, 0.4) is 0 Å². The highest BCUT2D eigenvalue weighted by Gasteiger charge is 2.26. The summed E-state index contributed by atoms with van der Waals surface area (Å²) in [6, 6.07) is 10.8. The van der Waals surface area contributed by atoms with Crippen LogP contribution in [0, 0.1) is 5.92 Å². The van der Waals surface area contributed by atoms with Gasteiger partial charge in [-0.3, -0.25) is 9.58 Å². The molecule has 4 rings (SSSR count). The SMILES string of the molecule is OCc1ccc(CN2Cc3ccnn3CC[C@@H]2COCC2CC2)cc1. The summed E-state index contributed by atoms with van der Waals surface area (Å²) in [5.74, 6) is 0.806. The monoisotopic (exact) mass is 341 g/mol. The fraction of sp³-hybridized carbons (Fsp3) is 0.550. The highest BCUT2D eigenvalue weighted by atomic mass is 16.5. The van der Waals surface area contributed by atoms with Crippen molar-refractivity contribution >= 4 is 0 Å². The maximum Gasteiger partial charge on any atom is 0.0681 e. The van der Waals surface area contributed by atoms with Gasteiger partial charge < -0.3 is 9.84 Å². The second-order valence-electron chi connectivity index (χ2n) is 7.35. The van der Waals surface area contributed by atoms with Crippen molar-refractivity contribution in [2.24, 2.45) is 5.92 Å². The Morgan fingerprint density at radius 2 is 1.84 bits per heavy atom. The molecule has 1 saturated carbocycles. The first kappa shape index (κ1) is 16.8. The van der Waals surface area contributed by atoms with Crippen molar-refractivity contribution in [1.29, 1.82) is 0 Å². The predicted octanol–water partition coefficient (Wildman–Crippen LogP) is 2.58. The van der Waals surface area contributed by atoms with Gasteiger partial charge in [-0.25, -0.2) is 0 Å². The Morgan fingerprint density at radius 1 is 1.04 bits per heavy atom. The topological polar surface area (TPSA) is 50.5 Å². The molecule has 0 unspecified atom stereocenters. The van der Waals surface area contributed by atoms with E-state index < -0.39 is 0 Å². The van der Waals surface area contributed by atoms with Gasteiger partial charge in [-0.15, -0.1) is 0 Å². The number of aromatic nitrogens is 2. The average molecular weight is 341 g/mol. The van der Waals surface area contributed by atoms with E-state index in [-0.39, 0.29) is 6.61 Å². The van der Waals surface area contributed by atoms with Gasteiger partial charge in [-0.2, -0.15) is 5.10 Å². The molecular formula is C20H27N3O2. The van der Waals surface area contributed by atoms with Gasteiger partial charge in [0.15, 0.2) is 0 Å². The van der Waals surface area contributed by atoms with Crippen LogP contribution in [-0.2, 0) is 31.0 Å². The lowest BCUT2D eigenvalue weighted by Gasteiger charge is -2.29. The van der Waals surface area contributed by atoms with E-state index in [1.54, 1.807) is 0 Å². The minimum atomic E-state index is 0.0980. The number of aliphatic hydroxyl groups excluding tert-OH is 1. The van der Waals surface area contributed by atoms with Gasteiger partial charge in [0.05, 0.1) is 18.9 Å². The summed E-state index contributed by atoms with van der Waals surface area (Å²) >= 11 is 0. The van der Waals surface area contributed by atoms with Crippen molar-refractivity contribution in [3.8, 4) is 0 Å². The highest BCUT2D eigenvalue weighted by molar-refractivity contribution is 5.22. The van der Waals surface area contributed by atoms with Crippen molar-refractivity contribution < 1.29 is 9.84 Å². The van der Waals surface area contributed by atoms with E-state index in [1.165, 1.54) is 24.1 Å². The van der Waals surface area contributed by atoms with Gasteiger partial charge in [-0.05, 0) is 42.4 Å². The van der Waals surface area contributed by atoms with Gasteiger partial charge in [0.2, 0.25) is 0 Å². The first-order valence-electron chi connectivity index (χ1n) is 9.33. The molecule has 1 aromatic carbocycles. The summed E-state index contributed by atoms with van der Waals surface area (Å²) in [5.41, 5.74) is 3.51. The fourth-order valence-corrected chi connectivity index (χ4v) is 3.50. The Labute approximate surface area is 149 Å². The normalized spacial score (nSPS) is 21.1. The number of hydrogen-bond acceptors (Lipinski definition) is 4. The lowest BCUT2D eigenvalue weighted by Crippen LogP contribution is -2.37. The molecule has 0 radical (unpaired) electrons. The third-order valence-electron chi connectivity index (χ3n) is 5.31. The molecule has 1 fully saturated rings. The molecule has 1 aliphatic heterocycles. The molecule has 1 atom stereocenters. The van der Waals surface area contributed by atoms with Crippen LogP contribution in [0.25, 0.3) is 0 Å². The molecule has 0 bridgehead atoms. The van der Waals surface area contributed by atoms with E-state index in [1.807, 2.05) is 18.3 Å². The number of fused-ring (bicyclic) bond motifs is 1. The smallest absolute Gasteiger partial charge is 0.0681 e. The highest BCUT2D eigenvalue weighted by Crippen LogP contribution is 2.29. The summed E-state index contributed by atoms with van der Waals surface area (Å²) in [6.07, 6.45) is 5.63. The van der Waals surface area contributed by atoms with Gasteiger partial charge in [0, 0.05) is 38.5 Å². The van der Waals surface area contributed by atoms with E-state index in [0.717, 1.165) is 50.8 Å². The Balaban J connectivity index is 1.45. The van der Waals surface area contributed by atoms with Crippen LogP contribution in [0.2, 0.25) is 0 Å². The Hall–Kier alpha value is -1.69. The average Bonchev–Trinajstić information content (AvgIpc) is 3.39. The molecule has 2 aliphatic rings. The third-order valence-corrected chi connectivity index (χ3v) is 5.31. The summed E-state index contributed by atoms with van der Waals surface area (Å²) in [4.78, 5) is 2.52. The quantitative estimate of drug-likeness (QED) is 0.841. The van der Waals surface area contributed by atoms with Crippen molar-refractivity contribution in [1.82, 2.24) is 14.7 Å². The number of benzene rings is 1. The molecule has 25 heavy (non-hydrogen) atoms. The number of aryl methyl sites for hydroxylation is 1. The van der Waals surface area contributed by atoms with E-state index >= 15 is 0 Å². The zero-order valence-corrected chi connectivity index (χ0v) is 14.7. The van der Waals surface area contributed by atoms with E-state index in [4.69, 9.17) is 4.74 Å². The molecule has 1 aliphatic carbocycles. The molecule has 1 aromatic heterocycles. The molecular weight excluding hydrogens is 314 g/mol. The molecule has 5 nitrogen and oxygen atoms in total. The summed E-state index contributed by atoms with van der Waals surface area (Å²) in [6.45, 7) is 4.57. The van der Waals surface area contributed by atoms with E-state index in [9.17, 15) is 5.11 Å². The van der Waals surface area contributed by atoms with Crippen LogP contribution in [0.5, 0.6) is 0 Å². The van der Waals surface area contributed by atoms with Gasteiger partial charge in [0.25, 0.3) is 0 Å². The largest absolute Gasteiger partial charge is 0.392 e. The van der Waals surface area contributed by atoms with Crippen LogP contribution < -0.4 is 0 Å². The van der Waals surface area contributed by atoms with Gasteiger partial charge in [0.1, 0.15) is 0 Å². The molecule has 2 aromatic rings. The standard InChI is InChI=1S/C20H27N3O2/c24-13-17-3-1-16(2-4-17)11-22-12-19-7-9-21-23(19)10-8-20(22)15-25-14-18-5-6-18/h1-4,7,9,18,20,24H,5-6,8,10-15H2/t20-/m1/s1. The Morgan fingerprint density at radius 3 is 2.60 bits per heavy atom. The first-order chi connectivity index (χ1) is 12.3. The summed E-state index contributed by atoms with van der Waals surface area (Å²) < 4.78 is 8.16. The van der Waals surface area contributed by atoms with E-state index in [0.29, 0.717) is 6.04 Å². The number of hydrogen-bond donors (Lipinski definition) is 1. The molecule has 0 saturated heterocycles. The molecule has 5 heteroatoms. The van der Waals surface area contributed by atoms with Crippen LogP contribution in [0.15, 0.2) is 36.5 Å². The zero-order valence-electron chi connectivity index (χ0n) is 14.7. The van der Waals surface area contributed by atoms with Crippen LogP contribution >= 0.6 is 0 Å². The number of rotatable bonds is 7. The van der Waals surface area contributed by atoms with E-state index in [2.05, 4.69) is 32.9 Å². The summed E-state index contributed by atoms with van der Waals surface area (Å²) in [7, 11) is 0. The van der Waals surface area contributed by atoms with Crippen molar-refractivity contribution in [2.75, 3.05) is 13.2 Å². The van der Waals surface area contributed by atoms with Crippen molar-refractivity contribution in [2.45, 2.75) is 51.5 Å². The van der Waals surface area contributed by atoms with Crippen LogP contribution in [0.1, 0.15) is 36.1 Å². The molecule has 134 valence electrons. The number of aliphatic hydroxyl groups is 1. The number of ether oxygens (including phenoxy) is 1. The first-order valence-corrected chi connectivity index (χ1v) is 9.33. The molecule has 2 heterocycles. The number of nitrogens with zero attached hydrogens (tertiary/aromatic N) is 3. The minimum Gasteiger partial charge on any atom is -0.392 e. The molecule has 0 amide bonds. The summed E-state index contributed by atoms with van der Waals surface area (Å²) in [5, 5.41) is 13.7. The minimum absolute atomic E-state index is 0.0980. The van der Waals surface area contributed by atoms with Crippen molar-refractivity contribution in [3.05, 3.63) is 53.3 Å². The lowest BCUT2D eigenvalue weighted by atomic mass is 10.1. The van der Waals surface area contributed by atoms with Crippen molar-refractivity contribution in [3.63, 3.8) is 0 Å². The fourth-order valence-electron chi connectivity index (χ4n) is 3.50. The maximum atomic E-state index is 9.23. The van der Waals surface area contributed by atoms with Gasteiger partial charge >= 0.3 is 0 Å². The third kappa shape index (κ3) is 4.29. The predicted molar refractivity (Wildman–Crippen MR) is 95.8 cm³/mol. The molecule has 0 spiro atoms. The Bertz CT molecular complexity index is 679. The molecule has 1 N–H and O–H groups in total. The maximum absolute atomic E-state index is 9.23.